The van der Waals surface area contributed by atoms with E-state index in [1.807, 2.05) is 13.8 Å². The zero-order chi connectivity index (χ0) is 6.20. The van der Waals surface area contributed by atoms with Crippen LogP contribution in [0.15, 0.2) is 9.63 Å². The molecule has 1 rings (SSSR count). The normalized spacial score (nSPS) is 33.6. The van der Waals surface area contributed by atoms with Gasteiger partial charge in [0.25, 0.3) is 0 Å². The Morgan fingerprint density at radius 1 is 1.62 bits per heavy atom. The Labute approximate surface area is 57.8 Å². The van der Waals surface area contributed by atoms with Crippen LogP contribution in [0.3, 0.4) is 0 Å². The summed E-state index contributed by atoms with van der Waals surface area (Å²) in [6.07, 6.45) is 0. The molecule has 0 aliphatic carbocycles. The third-order valence-electron chi connectivity index (χ3n) is 0.994. The highest BCUT2D eigenvalue weighted by atomic mass is 35.5. The summed E-state index contributed by atoms with van der Waals surface area (Å²) in [4.78, 5) is 0. The second-order valence-electron chi connectivity index (χ2n) is 2.26. The highest BCUT2D eigenvalue weighted by Gasteiger charge is 2.32. The molecule has 1 aliphatic heterocycles. The first-order chi connectivity index (χ1) is 3.63. The van der Waals surface area contributed by atoms with Gasteiger partial charge >= 0.3 is 0 Å². The molecule has 0 aromatic carbocycles. The van der Waals surface area contributed by atoms with Crippen molar-refractivity contribution >= 4 is 23.5 Å². The quantitative estimate of drug-likeness (QED) is 0.385. The van der Waals surface area contributed by atoms with Gasteiger partial charge in [0.2, 0.25) is 0 Å². The Kier molecular flexibility index (Phi) is 1.50. The van der Waals surface area contributed by atoms with Crippen molar-refractivity contribution in [2.45, 2.75) is 24.1 Å². The summed E-state index contributed by atoms with van der Waals surface area (Å²) < 4.78 is 3.74. The summed E-state index contributed by atoms with van der Waals surface area (Å²) in [6.45, 7) is 3.93. The molecule has 0 saturated heterocycles. The first-order valence-electron chi connectivity index (χ1n) is 2.35. The van der Waals surface area contributed by atoms with E-state index in [1.165, 1.54) is 11.9 Å². The minimum Gasteiger partial charge on any atom is -0.173 e. The van der Waals surface area contributed by atoms with E-state index in [-0.39, 0.29) is 10.2 Å². The zero-order valence-corrected chi connectivity index (χ0v) is 6.33. The van der Waals surface area contributed by atoms with E-state index in [9.17, 15) is 0 Å². The molecule has 0 spiro atoms. The van der Waals surface area contributed by atoms with Crippen LogP contribution in [-0.2, 0) is 0 Å². The van der Waals surface area contributed by atoms with Crippen molar-refractivity contribution in [1.29, 1.82) is 0 Å². The molecule has 0 fully saturated rings. The van der Waals surface area contributed by atoms with E-state index in [2.05, 4.69) is 9.63 Å². The van der Waals surface area contributed by atoms with Crippen molar-refractivity contribution in [2.75, 3.05) is 0 Å². The number of hydrogen-bond donors (Lipinski definition) is 0. The van der Waals surface area contributed by atoms with Crippen LogP contribution < -0.4 is 0 Å². The van der Waals surface area contributed by atoms with E-state index >= 15 is 0 Å². The van der Waals surface area contributed by atoms with Gasteiger partial charge in [0.05, 0.1) is 0 Å². The zero-order valence-electron chi connectivity index (χ0n) is 4.76. The average Bonchev–Trinajstić information content (AvgIpc) is 1.86. The first-order valence-corrected chi connectivity index (χ1v) is 3.62. The maximum Gasteiger partial charge on any atom is 0.129 e. The predicted octanol–water partition coefficient (Wildman–Crippen LogP) is 2.44. The SMILES string of the molecule is CC1(C)N=NSC1Cl. The van der Waals surface area contributed by atoms with Gasteiger partial charge in [-0.2, -0.15) is 5.11 Å². The highest BCUT2D eigenvalue weighted by molar-refractivity contribution is 7.99. The third kappa shape index (κ3) is 0.977. The van der Waals surface area contributed by atoms with Gasteiger partial charge in [-0.05, 0) is 13.8 Å². The Morgan fingerprint density at radius 2 is 2.25 bits per heavy atom. The summed E-state index contributed by atoms with van der Waals surface area (Å²) in [5, 5.41) is 3.91. The lowest BCUT2D eigenvalue weighted by molar-refractivity contribution is 0.561. The summed E-state index contributed by atoms with van der Waals surface area (Å²) >= 11 is 7.11. The molecule has 0 amide bonds. The van der Waals surface area contributed by atoms with Gasteiger partial charge < -0.3 is 0 Å². The topological polar surface area (TPSA) is 24.7 Å². The molecule has 1 unspecified atom stereocenters. The Balaban J connectivity index is 2.67. The van der Waals surface area contributed by atoms with Gasteiger partial charge in [-0.1, -0.05) is 0 Å². The number of nitrogens with zero attached hydrogens (tertiary/aromatic N) is 2. The third-order valence-corrected chi connectivity index (χ3v) is 2.70. The van der Waals surface area contributed by atoms with Crippen LogP contribution in [0.25, 0.3) is 0 Å². The highest BCUT2D eigenvalue weighted by Crippen LogP contribution is 2.37. The molecule has 0 bridgehead atoms. The van der Waals surface area contributed by atoms with Crippen molar-refractivity contribution < 1.29 is 0 Å². The van der Waals surface area contributed by atoms with E-state index in [1.54, 1.807) is 0 Å². The van der Waals surface area contributed by atoms with Crippen LogP contribution in [0, 0.1) is 0 Å². The molecule has 0 aromatic rings. The van der Waals surface area contributed by atoms with Crippen molar-refractivity contribution in [1.82, 2.24) is 0 Å². The van der Waals surface area contributed by atoms with Gasteiger partial charge in [-0.15, -0.1) is 16.1 Å². The van der Waals surface area contributed by atoms with Crippen LogP contribution in [0.4, 0.5) is 0 Å². The molecular formula is C4H7ClN2S. The Bertz CT molecular complexity index is 123. The van der Waals surface area contributed by atoms with Gasteiger partial charge in [-0.25, -0.2) is 0 Å². The first kappa shape index (κ1) is 6.36. The fraction of sp³-hybridized carbons (Fsp3) is 1.00. The van der Waals surface area contributed by atoms with Crippen molar-refractivity contribution in [3.8, 4) is 0 Å². The summed E-state index contributed by atoms with van der Waals surface area (Å²) in [7, 11) is 0. The molecule has 1 aliphatic rings. The summed E-state index contributed by atoms with van der Waals surface area (Å²) in [5.74, 6) is 0. The fourth-order valence-electron chi connectivity index (χ4n) is 0.345. The van der Waals surface area contributed by atoms with Gasteiger partial charge in [0, 0.05) is 11.9 Å². The van der Waals surface area contributed by atoms with Gasteiger partial charge in [-0.3, -0.25) is 0 Å². The molecule has 1 heterocycles. The Hall–Kier alpha value is 0.240. The minimum absolute atomic E-state index is 0.0162. The largest absolute Gasteiger partial charge is 0.173 e. The lowest BCUT2D eigenvalue weighted by atomic mass is 10.1. The summed E-state index contributed by atoms with van der Waals surface area (Å²) in [5.41, 5.74) is -0.160. The van der Waals surface area contributed by atoms with Crippen molar-refractivity contribution in [3.05, 3.63) is 0 Å². The molecule has 0 saturated carbocycles. The fourth-order valence-corrected chi connectivity index (χ4v) is 1.14. The molecule has 8 heavy (non-hydrogen) atoms. The monoisotopic (exact) mass is 150 g/mol. The Morgan fingerprint density at radius 3 is 2.38 bits per heavy atom. The van der Waals surface area contributed by atoms with Crippen molar-refractivity contribution in [2.24, 2.45) is 9.63 Å². The number of hydrogen-bond acceptors (Lipinski definition) is 3. The van der Waals surface area contributed by atoms with E-state index in [0.717, 1.165) is 0 Å². The lowest BCUT2D eigenvalue weighted by Gasteiger charge is -2.13. The van der Waals surface area contributed by atoms with E-state index in [4.69, 9.17) is 11.6 Å². The van der Waals surface area contributed by atoms with Crippen LogP contribution >= 0.6 is 23.5 Å². The summed E-state index contributed by atoms with van der Waals surface area (Å²) in [6, 6.07) is 0. The second kappa shape index (κ2) is 1.88. The molecule has 2 nitrogen and oxygen atoms in total. The second-order valence-corrected chi connectivity index (χ2v) is 3.80. The van der Waals surface area contributed by atoms with Crippen LogP contribution in [0.2, 0.25) is 0 Å². The molecule has 4 heteroatoms. The molecule has 0 aromatic heterocycles. The molecule has 0 radical (unpaired) electrons. The standard InChI is InChI=1S/C4H7ClN2S/c1-4(2)3(5)8-7-6-4/h3H,1-2H3. The number of rotatable bonds is 0. The molecular weight excluding hydrogens is 144 g/mol. The number of alkyl halides is 1. The van der Waals surface area contributed by atoms with Crippen molar-refractivity contribution in [3.63, 3.8) is 0 Å². The smallest absolute Gasteiger partial charge is 0.129 e. The molecule has 0 N–H and O–H groups in total. The molecule has 1 atom stereocenters. The van der Waals surface area contributed by atoms with Crippen LogP contribution in [-0.4, -0.2) is 10.2 Å². The number of halogens is 1. The average molecular weight is 151 g/mol. The maximum absolute atomic E-state index is 5.78. The van der Waals surface area contributed by atoms with Crippen LogP contribution in [0.5, 0.6) is 0 Å². The van der Waals surface area contributed by atoms with E-state index < -0.39 is 0 Å². The lowest BCUT2D eigenvalue weighted by Crippen LogP contribution is -2.22. The van der Waals surface area contributed by atoms with Gasteiger partial charge in [0.15, 0.2) is 0 Å². The predicted molar refractivity (Wildman–Crippen MR) is 36.2 cm³/mol. The minimum atomic E-state index is -0.160. The molecule has 46 valence electrons. The van der Waals surface area contributed by atoms with Crippen LogP contribution in [0.1, 0.15) is 13.8 Å². The van der Waals surface area contributed by atoms with Gasteiger partial charge in [0.1, 0.15) is 10.2 Å². The van der Waals surface area contributed by atoms with E-state index in [0.29, 0.717) is 0 Å². The maximum atomic E-state index is 5.78.